The number of hydrogen-bond donors (Lipinski definition) is 4. The molecule has 5 N–H and O–H groups in total. The molecule has 1 saturated heterocycles. The van der Waals surface area contributed by atoms with Crippen molar-refractivity contribution in [3.05, 3.63) is 16.7 Å². The Morgan fingerprint density at radius 1 is 1.30 bits per heavy atom. The second-order valence-electron chi connectivity index (χ2n) is 7.70. The normalized spacial score (nSPS) is 21.2. The van der Waals surface area contributed by atoms with E-state index in [1.165, 1.54) is 6.33 Å². The van der Waals surface area contributed by atoms with Crippen LogP contribution in [0.1, 0.15) is 33.7 Å². The first-order valence-electron chi connectivity index (χ1n) is 9.80. The monoisotopic (exact) mass is 444 g/mol. The maximum Gasteiger partial charge on any atom is 0.361 e. The Morgan fingerprint density at radius 3 is 2.60 bits per heavy atom. The highest BCUT2D eigenvalue weighted by Gasteiger charge is 2.39. The minimum Gasteiger partial charge on any atom is -0.378 e. The van der Waals surface area contributed by atoms with Crippen LogP contribution in [0.4, 0.5) is 5.95 Å². The third kappa shape index (κ3) is 4.90. The van der Waals surface area contributed by atoms with Gasteiger partial charge in [-0.2, -0.15) is 4.98 Å². The Kier molecular flexibility index (Phi) is 6.95. The zero-order valence-corrected chi connectivity index (χ0v) is 18.3. The molecule has 0 unspecified atom stereocenters. The van der Waals surface area contributed by atoms with Crippen LogP contribution in [-0.2, 0) is 18.3 Å². The van der Waals surface area contributed by atoms with Gasteiger partial charge in [-0.05, 0) is 27.7 Å². The van der Waals surface area contributed by atoms with Crippen LogP contribution in [0, 0.1) is 0 Å². The fourth-order valence-corrected chi connectivity index (χ4v) is 5.10. The number of aliphatic hydroxyl groups is 1. The van der Waals surface area contributed by atoms with Crippen molar-refractivity contribution in [1.29, 1.82) is 0 Å². The molecule has 2 aromatic rings. The van der Waals surface area contributed by atoms with Gasteiger partial charge in [0, 0.05) is 13.1 Å². The molecule has 1 fully saturated rings. The summed E-state index contributed by atoms with van der Waals surface area (Å²) in [7, 11) is -3.79. The van der Waals surface area contributed by atoms with Crippen LogP contribution >= 0.6 is 7.60 Å². The molecule has 3 heterocycles. The van der Waals surface area contributed by atoms with Gasteiger partial charge in [0.25, 0.3) is 5.56 Å². The molecule has 168 valence electrons. The van der Waals surface area contributed by atoms with Gasteiger partial charge in [-0.1, -0.05) is 0 Å². The Hall–Kier alpha value is -1.82. The van der Waals surface area contributed by atoms with Crippen molar-refractivity contribution in [3.63, 3.8) is 0 Å². The number of nitrogens with one attached hydrogen (secondary N) is 2. The lowest BCUT2D eigenvalue weighted by Crippen LogP contribution is -2.30. The van der Waals surface area contributed by atoms with Crippen molar-refractivity contribution in [2.45, 2.75) is 57.9 Å². The highest BCUT2D eigenvalue weighted by molar-refractivity contribution is 7.54. The molecule has 0 aromatic carbocycles. The maximum absolute atomic E-state index is 13.0. The minimum absolute atomic E-state index is 0.00861. The van der Waals surface area contributed by atoms with Gasteiger partial charge < -0.3 is 34.5 Å². The summed E-state index contributed by atoms with van der Waals surface area (Å²) >= 11 is 0. The van der Waals surface area contributed by atoms with E-state index in [1.54, 1.807) is 32.3 Å². The SMILES string of the molecule is CC(C)OP(=O)(OC(C)C)[C@H](O)CO[C@@H]1CNC[C@H]1n1cnc2c(=O)[nH]c(N)nc21. The molecular weight excluding hydrogens is 415 g/mol. The number of rotatable bonds is 9. The molecular formula is C17H29N6O6P. The summed E-state index contributed by atoms with van der Waals surface area (Å²) in [5, 5.41) is 13.7. The molecule has 2 aromatic heterocycles. The Bertz CT molecular complexity index is 961. The van der Waals surface area contributed by atoms with Gasteiger partial charge in [-0.25, -0.2) is 4.98 Å². The second-order valence-corrected chi connectivity index (χ2v) is 9.80. The van der Waals surface area contributed by atoms with Gasteiger partial charge in [0.2, 0.25) is 5.95 Å². The molecule has 1 aliphatic rings. The van der Waals surface area contributed by atoms with Crippen molar-refractivity contribution in [2.75, 3.05) is 25.4 Å². The van der Waals surface area contributed by atoms with E-state index < -0.39 is 37.3 Å². The van der Waals surface area contributed by atoms with Gasteiger partial charge >= 0.3 is 7.60 Å². The van der Waals surface area contributed by atoms with E-state index in [4.69, 9.17) is 19.5 Å². The molecule has 0 aliphatic carbocycles. The highest BCUT2D eigenvalue weighted by atomic mass is 31.2. The molecule has 12 nitrogen and oxygen atoms in total. The van der Waals surface area contributed by atoms with Crippen LogP contribution < -0.4 is 16.6 Å². The number of anilines is 1. The van der Waals surface area contributed by atoms with Crippen LogP contribution in [0.3, 0.4) is 0 Å². The zero-order chi connectivity index (χ0) is 22.1. The largest absolute Gasteiger partial charge is 0.378 e. The molecule has 1 aliphatic heterocycles. The van der Waals surface area contributed by atoms with E-state index in [9.17, 15) is 14.5 Å². The molecule has 13 heteroatoms. The van der Waals surface area contributed by atoms with Crippen molar-refractivity contribution in [2.24, 2.45) is 0 Å². The van der Waals surface area contributed by atoms with Crippen molar-refractivity contribution < 1.29 is 23.5 Å². The number of aromatic nitrogens is 4. The Balaban J connectivity index is 1.75. The third-order valence-electron chi connectivity index (χ3n) is 4.48. The standard InChI is InChI=1S/C17H29N6O6P/c1-9(2)28-30(26,29-10(3)4)13(24)7-27-12-6-19-5-11(12)23-8-20-14-15(23)21-17(18)22-16(14)25/h8-13,19,24H,5-7H2,1-4H3,(H3,18,21,22,25)/t11-,12-,13+/m1/s1. The molecule has 3 atom stereocenters. The number of imidazole rings is 1. The van der Waals surface area contributed by atoms with Crippen molar-refractivity contribution >= 4 is 24.7 Å². The molecule has 0 saturated carbocycles. The predicted molar refractivity (Wildman–Crippen MR) is 110 cm³/mol. The third-order valence-corrected chi connectivity index (χ3v) is 6.79. The number of nitrogen functional groups attached to an aromatic ring is 1. The Labute approximate surface area is 173 Å². The summed E-state index contributed by atoms with van der Waals surface area (Å²) in [4.78, 5) is 22.7. The smallest absolute Gasteiger partial charge is 0.361 e. The van der Waals surface area contributed by atoms with Gasteiger partial charge in [0.05, 0.1) is 37.3 Å². The lowest BCUT2D eigenvalue weighted by Gasteiger charge is -2.28. The van der Waals surface area contributed by atoms with Gasteiger partial charge in [0.15, 0.2) is 17.0 Å². The predicted octanol–water partition coefficient (Wildman–Crippen LogP) is 0.593. The highest BCUT2D eigenvalue weighted by Crippen LogP contribution is 2.54. The average molecular weight is 444 g/mol. The molecule has 0 spiro atoms. The topological polar surface area (TPSA) is 167 Å². The molecule has 3 rings (SSSR count). The van der Waals surface area contributed by atoms with Crippen LogP contribution in [0.2, 0.25) is 0 Å². The summed E-state index contributed by atoms with van der Waals surface area (Å²) in [6.07, 6.45) is 0.325. The minimum atomic E-state index is -3.79. The fraction of sp³-hybridized carbons (Fsp3) is 0.706. The van der Waals surface area contributed by atoms with E-state index in [0.29, 0.717) is 18.7 Å². The summed E-state index contributed by atoms with van der Waals surface area (Å²) in [5.74, 6) is -1.45. The number of aromatic amines is 1. The number of aliphatic hydroxyl groups excluding tert-OH is 1. The van der Waals surface area contributed by atoms with Gasteiger partial charge in [-0.3, -0.25) is 14.3 Å². The summed E-state index contributed by atoms with van der Waals surface area (Å²) in [6, 6.07) is -0.257. The second kappa shape index (κ2) is 9.13. The van der Waals surface area contributed by atoms with Gasteiger partial charge in [-0.15, -0.1) is 0 Å². The first kappa shape index (κ1) is 22.9. The Morgan fingerprint density at radius 2 is 1.97 bits per heavy atom. The molecule has 30 heavy (non-hydrogen) atoms. The number of nitrogens with two attached hydrogens (primary N) is 1. The summed E-state index contributed by atoms with van der Waals surface area (Å²) in [6.45, 7) is 7.62. The van der Waals surface area contributed by atoms with E-state index >= 15 is 0 Å². The van der Waals surface area contributed by atoms with E-state index in [2.05, 4.69) is 20.3 Å². The maximum atomic E-state index is 13.0. The van der Waals surface area contributed by atoms with E-state index in [1.807, 2.05) is 0 Å². The van der Waals surface area contributed by atoms with E-state index in [0.717, 1.165) is 0 Å². The number of fused-ring (bicyclic) bond motifs is 1. The lowest BCUT2D eigenvalue weighted by molar-refractivity contribution is -0.00600. The summed E-state index contributed by atoms with van der Waals surface area (Å²) in [5.41, 5.74) is 5.76. The van der Waals surface area contributed by atoms with Crippen molar-refractivity contribution in [3.8, 4) is 0 Å². The zero-order valence-electron chi connectivity index (χ0n) is 17.4. The van der Waals surface area contributed by atoms with Gasteiger partial charge in [0.1, 0.15) is 0 Å². The molecule has 0 bridgehead atoms. The lowest BCUT2D eigenvalue weighted by atomic mass is 10.2. The first-order valence-corrected chi connectivity index (χ1v) is 11.4. The number of nitrogens with zero attached hydrogens (tertiary/aromatic N) is 3. The fourth-order valence-electron chi connectivity index (χ4n) is 3.33. The number of H-pyrrole nitrogens is 1. The number of hydrogen-bond acceptors (Lipinski definition) is 10. The van der Waals surface area contributed by atoms with Crippen LogP contribution in [0.5, 0.6) is 0 Å². The summed E-state index contributed by atoms with van der Waals surface area (Å²) < 4.78 is 31.5. The van der Waals surface area contributed by atoms with Crippen LogP contribution in [-0.4, -0.2) is 68.5 Å². The van der Waals surface area contributed by atoms with Crippen LogP contribution in [0.25, 0.3) is 11.2 Å². The van der Waals surface area contributed by atoms with Crippen LogP contribution in [0.15, 0.2) is 11.1 Å². The average Bonchev–Trinajstić information content (AvgIpc) is 3.24. The number of ether oxygens (including phenoxy) is 1. The first-order chi connectivity index (χ1) is 14.1. The molecule has 0 radical (unpaired) electrons. The quantitative estimate of drug-likeness (QED) is 0.402. The van der Waals surface area contributed by atoms with E-state index in [-0.39, 0.29) is 24.1 Å². The van der Waals surface area contributed by atoms with Crippen molar-refractivity contribution in [1.82, 2.24) is 24.8 Å². The molecule has 0 amide bonds.